The van der Waals surface area contributed by atoms with Gasteiger partial charge in [0.1, 0.15) is 0 Å². The maximum atomic E-state index is 10.2. The molecule has 0 aromatic carbocycles. The number of hydrogen-bond donors (Lipinski definition) is 2. The molecule has 0 saturated heterocycles. The molecular weight excluding hydrogens is 380 g/mol. The number of fused-ring (bicyclic) bond motifs is 5. The number of aliphatic hydroxyl groups excluding tert-OH is 2. The van der Waals surface area contributed by atoms with Crippen molar-refractivity contribution in [3.05, 3.63) is 11.6 Å². The van der Waals surface area contributed by atoms with Crippen molar-refractivity contribution in [2.75, 3.05) is 6.61 Å². The van der Waals surface area contributed by atoms with Gasteiger partial charge in [0, 0.05) is 6.61 Å². The molecule has 2 N–H and O–H groups in total. The van der Waals surface area contributed by atoms with Crippen molar-refractivity contribution in [3.63, 3.8) is 0 Å². The maximum Gasteiger partial charge on any atom is 0.0577 e. The quantitative estimate of drug-likeness (QED) is 0.427. The van der Waals surface area contributed by atoms with E-state index >= 15 is 0 Å². The van der Waals surface area contributed by atoms with Crippen molar-refractivity contribution in [1.82, 2.24) is 0 Å². The number of hydrogen-bond acceptors (Lipinski definition) is 2. The molecule has 0 aromatic heterocycles. The summed E-state index contributed by atoms with van der Waals surface area (Å²) in [5, 5.41) is 19.9. The highest BCUT2D eigenvalue weighted by atomic mass is 16.3. The van der Waals surface area contributed by atoms with Crippen molar-refractivity contribution < 1.29 is 10.2 Å². The van der Waals surface area contributed by atoms with E-state index in [4.69, 9.17) is 0 Å². The monoisotopic (exact) mass is 430 g/mol. The third kappa shape index (κ3) is 4.07. The fourth-order valence-corrected chi connectivity index (χ4v) is 9.34. The normalized spacial score (nSPS) is 45.1. The minimum atomic E-state index is -0.0954. The Morgan fingerprint density at radius 3 is 2.52 bits per heavy atom. The van der Waals surface area contributed by atoms with E-state index in [1.807, 2.05) is 0 Å². The van der Waals surface area contributed by atoms with E-state index in [0.717, 1.165) is 42.4 Å². The van der Waals surface area contributed by atoms with Gasteiger partial charge in [-0.1, -0.05) is 59.1 Å². The molecule has 0 heterocycles. The molecule has 2 nitrogen and oxygen atoms in total. The van der Waals surface area contributed by atoms with Crippen LogP contribution in [0.15, 0.2) is 11.6 Å². The molecule has 31 heavy (non-hydrogen) atoms. The average molecular weight is 431 g/mol. The molecule has 10 atom stereocenters. The van der Waals surface area contributed by atoms with E-state index in [0.29, 0.717) is 29.3 Å². The van der Waals surface area contributed by atoms with E-state index in [1.54, 1.807) is 5.57 Å². The molecule has 3 unspecified atom stereocenters. The molecule has 0 spiro atoms. The van der Waals surface area contributed by atoms with Crippen LogP contribution in [-0.2, 0) is 0 Å². The first kappa shape index (κ1) is 23.8. The molecule has 0 aliphatic heterocycles. The molecule has 4 aliphatic rings. The molecule has 4 rings (SSSR count). The Hall–Kier alpha value is -0.340. The van der Waals surface area contributed by atoms with E-state index in [-0.39, 0.29) is 6.10 Å². The molecule has 2 heteroatoms. The Morgan fingerprint density at radius 2 is 1.81 bits per heavy atom. The lowest BCUT2D eigenvalue weighted by Gasteiger charge is -2.58. The summed E-state index contributed by atoms with van der Waals surface area (Å²) >= 11 is 0. The third-order valence-electron chi connectivity index (χ3n) is 11.4. The molecule has 0 amide bonds. The van der Waals surface area contributed by atoms with Gasteiger partial charge in [0.25, 0.3) is 0 Å². The largest absolute Gasteiger partial charge is 0.396 e. The van der Waals surface area contributed by atoms with Crippen LogP contribution in [0.4, 0.5) is 0 Å². The molecule has 178 valence electrons. The predicted octanol–water partition coefficient (Wildman–Crippen LogP) is 7.00. The van der Waals surface area contributed by atoms with Gasteiger partial charge in [0.05, 0.1) is 6.10 Å². The van der Waals surface area contributed by atoms with Crippen LogP contribution < -0.4 is 0 Å². The van der Waals surface area contributed by atoms with Crippen molar-refractivity contribution in [2.24, 2.45) is 52.3 Å². The standard InChI is InChI=1S/C29H50O2/c1-6-21(20(3)18-30)8-7-19(2)25-11-12-26-24-10-9-22-17-23(31)13-15-28(22,4)27(24)14-16-29(25,26)5/h9,19-21,23-27,30-31H,6-8,10-18H2,1-5H3/t19-,20+,21-,23+,24?,25-,26?,27?,28+,29-/m1/s1. The molecule has 4 aliphatic carbocycles. The first-order valence-corrected chi connectivity index (χ1v) is 13.7. The third-order valence-corrected chi connectivity index (χ3v) is 11.4. The SMILES string of the molecule is CC[C@H](CC[C@@H](C)[C@H]1CCC2C3CC=C4C[C@@H](O)CC[C@]4(C)C3CC[C@@]21C)[C@@H](C)CO. The van der Waals surface area contributed by atoms with Gasteiger partial charge in [-0.2, -0.15) is 0 Å². The van der Waals surface area contributed by atoms with Gasteiger partial charge in [0.15, 0.2) is 0 Å². The lowest BCUT2D eigenvalue weighted by molar-refractivity contribution is -0.0576. The van der Waals surface area contributed by atoms with E-state index < -0.39 is 0 Å². The van der Waals surface area contributed by atoms with Crippen LogP contribution in [0.25, 0.3) is 0 Å². The van der Waals surface area contributed by atoms with Crippen LogP contribution in [0.1, 0.15) is 105 Å². The highest BCUT2D eigenvalue weighted by Crippen LogP contribution is 2.67. The maximum absolute atomic E-state index is 10.2. The fraction of sp³-hybridized carbons (Fsp3) is 0.931. The Labute approximate surface area is 192 Å². The van der Waals surface area contributed by atoms with Crippen LogP contribution >= 0.6 is 0 Å². The highest BCUT2D eigenvalue weighted by Gasteiger charge is 2.59. The highest BCUT2D eigenvalue weighted by molar-refractivity contribution is 5.25. The molecule has 0 bridgehead atoms. The van der Waals surface area contributed by atoms with E-state index in [9.17, 15) is 10.2 Å². The Morgan fingerprint density at radius 1 is 1.03 bits per heavy atom. The van der Waals surface area contributed by atoms with Gasteiger partial charge in [-0.05, 0) is 110 Å². The number of aliphatic hydroxyl groups is 2. The first-order chi connectivity index (χ1) is 14.7. The second-order valence-corrected chi connectivity index (χ2v) is 12.8. The van der Waals surface area contributed by atoms with Crippen LogP contribution in [0, 0.1) is 52.3 Å². The Balaban J connectivity index is 1.46. The summed E-state index contributed by atoms with van der Waals surface area (Å²) in [5.41, 5.74) is 2.49. The molecule has 0 radical (unpaired) electrons. The summed E-state index contributed by atoms with van der Waals surface area (Å²) in [6, 6.07) is 0. The van der Waals surface area contributed by atoms with Crippen LogP contribution in [0.5, 0.6) is 0 Å². The second-order valence-electron chi connectivity index (χ2n) is 12.8. The summed E-state index contributed by atoms with van der Waals surface area (Å²) < 4.78 is 0. The van der Waals surface area contributed by atoms with Crippen LogP contribution in [-0.4, -0.2) is 22.9 Å². The lowest BCUT2D eigenvalue weighted by Crippen LogP contribution is -2.50. The smallest absolute Gasteiger partial charge is 0.0577 e. The van der Waals surface area contributed by atoms with Gasteiger partial charge < -0.3 is 10.2 Å². The van der Waals surface area contributed by atoms with Crippen LogP contribution in [0.2, 0.25) is 0 Å². The zero-order valence-corrected chi connectivity index (χ0v) is 21.1. The minimum absolute atomic E-state index is 0.0954. The second kappa shape index (κ2) is 9.13. The summed E-state index contributed by atoms with van der Waals surface area (Å²) in [4.78, 5) is 0. The summed E-state index contributed by atoms with van der Waals surface area (Å²) in [6.07, 6.45) is 16.4. The van der Waals surface area contributed by atoms with Gasteiger partial charge in [-0.15, -0.1) is 0 Å². The van der Waals surface area contributed by atoms with Gasteiger partial charge in [0.2, 0.25) is 0 Å². The number of allylic oxidation sites excluding steroid dienone is 1. The van der Waals surface area contributed by atoms with Crippen LogP contribution in [0.3, 0.4) is 0 Å². The molecule has 0 aromatic rings. The van der Waals surface area contributed by atoms with Gasteiger partial charge in [-0.25, -0.2) is 0 Å². The molecule has 3 saturated carbocycles. The van der Waals surface area contributed by atoms with Crippen molar-refractivity contribution >= 4 is 0 Å². The van der Waals surface area contributed by atoms with Crippen molar-refractivity contribution in [1.29, 1.82) is 0 Å². The zero-order valence-electron chi connectivity index (χ0n) is 21.1. The summed E-state index contributed by atoms with van der Waals surface area (Å²) in [5.74, 6) is 5.43. The Bertz CT molecular complexity index is 655. The lowest BCUT2D eigenvalue weighted by atomic mass is 9.47. The summed E-state index contributed by atoms with van der Waals surface area (Å²) in [6.45, 7) is 12.6. The van der Waals surface area contributed by atoms with Crippen molar-refractivity contribution in [2.45, 2.75) is 111 Å². The van der Waals surface area contributed by atoms with E-state index in [2.05, 4.69) is 40.7 Å². The van der Waals surface area contributed by atoms with Crippen molar-refractivity contribution in [3.8, 4) is 0 Å². The van der Waals surface area contributed by atoms with E-state index in [1.165, 1.54) is 57.8 Å². The predicted molar refractivity (Wildman–Crippen MR) is 130 cm³/mol. The summed E-state index contributed by atoms with van der Waals surface area (Å²) in [7, 11) is 0. The minimum Gasteiger partial charge on any atom is -0.396 e. The Kier molecular flexibility index (Phi) is 7.01. The molecular formula is C29H50O2. The number of rotatable bonds is 7. The van der Waals surface area contributed by atoms with Gasteiger partial charge >= 0.3 is 0 Å². The topological polar surface area (TPSA) is 40.5 Å². The van der Waals surface area contributed by atoms with Gasteiger partial charge in [-0.3, -0.25) is 0 Å². The fourth-order valence-electron chi connectivity index (χ4n) is 9.34. The molecule has 3 fully saturated rings. The zero-order chi connectivity index (χ0) is 22.4. The first-order valence-electron chi connectivity index (χ1n) is 13.7. The average Bonchev–Trinajstić information content (AvgIpc) is 3.11.